The van der Waals surface area contributed by atoms with E-state index in [1.54, 1.807) is 25.6 Å². The first-order valence-corrected chi connectivity index (χ1v) is 6.62. The molecule has 1 aromatic heterocycles. The van der Waals surface area contributed by atoms with Gasteiger partial charge >= 0.3 is 0 Å². The standard InChI is InChI=1S/C14H17NO2S/c1-16-11-5-3-4-10(6-11)7-13(15)14-8-12(17-2)9-18-14/h3-6,8-9,13H,7,15H2,1-2H3. The summed E-state index contributed by atoms with van der Waals surface area (Å²) in [5.74, 6) is 1.74. The second kappa shape index (κ2) is 5.89. The Bertz CT molecular complexity index is 510. The number of nitrogens with two attached hydrogens (primary N) is 1. The predicted molar refractivity (Wildman–Crippen MR) is 74.5 cm³/mol. The Hall–Kier alpha value is -1.52. The van der Waals surface area contributed by atoms with E-state index < -0.39 is 0 Å². The number of rotatable bonds is 5. The minimum atomic E-state index is -0.00833. The minimum absolute atomic E-state index is 0.00833. The Morgan fingerprint density at radius 1 is 1.17 bits per heavy atom. The predicted octanol–water partition coefficient (Wildman–Crippen LogP) is 3.01. The fourth-order valence-electron chi connectivity index (χ4n) is 1.79. The zero-order valence-electron chi connectivity index (χ0n) is 10.6. The van der Waals surface area contributed by atoms with Gasteiger partial charge in [0.1, 0.15) is 11.5 Å². The molecule has 0 aliphatic heterocycles. The SMILES string of the molecule is COc1cccc(CC(N)c2cc(OC)cs2)c1. The molecule has 1 atom stereocenters. The summed E-state index contributed by atoms with van der Waals surface area (Å²) in [6.07, 6.45) is 0.793. The Morgan fingerprint density at radius 3 is 2.61 bits per heavy atom. The monoisotopic (exact) mass is 263 g/mol. The van der Waals surface area contributed by atoms with E-state index >= 15 is 0 Å². The molecule has 2 rings (SSSR count). The van der Waals surface area contributed by atoms with Gasteiger partial charge in [0.15, 0.2) is 0 Å². The molecular formula is C14H17NO2S. The second-order valence-electron chi connectivity index (χ2n) is 4.05. The number of hydrogen-bond donors (Lipinski definition) is 1. The van der Waals surface area contributed by atoms with Crippen LogP contribution in [-0.2, 0) is 6.42 Å². The van der Waals surface area contributed by atoms with Gasteiger partial charge in [-0.2, -0.15) is 0 Å². The molecule has 2 N–H and O–H groups in total. The summed E-state index contributed by atoms with van der Waals surface area (Å²) < 4.78 is 10.4. The van der Waals surface area contributed by atoms with Crippen LogP contribution in [0.2, 0.25) is 0 Å². The molecule has 18 heavy (non-hydrogen) atoms. The van der Waals surface area contributed by atoms with Crippen LogP contribution in [0.15, 0.2) is 35.7 Å². The molecule has 0 fully saturated rings. The molecule has 0 saturated heterocycles. The number of benzene rings is 1. The molecule has 0 spiro atoms. The van der Waals surface area contributed by atoms with Crippen molar-refractivity contribution in [1.82, 2.24) is 0 Å². The number of methoxy groups -OCH3 is 2. The Balaban J connectivity index is 2.08. The normalized spacial score (nSPS) is 12.2. The van der Waals surface area contributed by atoms with Crippen LogP contribution in [0, 0.1) is 0 Å². The molecule has 1 aromatic carbocycles. The lowest BCUT2D eigenvalue weighted by molar-refractivity contribution is 0.414. The lowest BCUT2D eigenvalue weighted by Gasteiger charge is -2.10. The molecule has 0 aliphatic rings. The van der Waals surface area contributed by atoms with Crippen LogP contribution in [0.1, 0.15) is 16.5 Å². The fraction of sp³-hybridized carbons (Fsp3) is 0.286. The van der Waals surface area contributed by atoms with Crippen molar-refractivity contribution in [3.05, 3.63) is 46.2 Å². The van der Waals surface area contributed by atoms with E-state index in [1.807, 2.05) is 29.6 Å². The highest BCUT2D eigenvalue weighted by atomic mass is 32.1. The molecule has 1 heterocycles. The summed E-state index contributed by atoms with van der Waals surface area (Å²) in [5.41, 5.74) is 7.38. The van der Waals surface area contributed by atoms with Crippen LogP contribution >= 0.6 is 11.3 Å². The summed E-state index contributed by atoms with van der Waals surface area (Å²) in [4.78, 5) is 1.13. The van der Waals surface area contributed by atoms with E-state index in [-0.39, 0.29) is 6.04 Å². The summed E-state index contributed by atoms with van der Waals surface area (Å²) in [6, 6.07) is 9.98. The zero-order chi connectivity index (χ0) is 13.0. The largest absolute Gasteiger partial charge is 0.497 e. The highest BCUT2D eigenvalue weighted by Gasteiger charge is 2.10. The first-order valence-electron chi connectivity index (χ1n) is 5.74. The molecule has 2 aromatic rings. The van der Waals surface area contributed by atoms with Gasteiger partial charge in [-0.3, -0.25) is 0 Å². The highest BCUT2D eigenvalue weighted by molar-refractivity contribution is 7.10. The summed E-state index contributed by atoms with van der Waals surface area (Å²) in [7, 11) is 3.34. The fourth-order valence-corrected chi connectivity index (χ4v) is 2.65. The quantitative estimate of drug-likeness (QED) is 0.902. The molecule has 0 aliphatic carbocycles. The lowest BCUT2D eigenvalue weighted by Crippen LogP contribution is -2.11. The van der Waals surface area contributed by atoms with Crippen molar-refractivity contribution < 1.29 is 9.47 Å². The van der Waals surface area contributed by atoms with Crippen LogP contribution in [0.3, 0.4) is 0 Å². The van der Waals surface area contributed by atoms with E-state index in [4.69, 9.17) is 15.2 Å². The molecule has 0 bridgehead atoms. The number of thiophene rings is 1. The van der Waals surface area contributed by atoms with Gasteiger partial charge in [0, 0.05) is 16.3 Å². The maximum Gasteiger partial charge on any atom is 0.129 e. The zero-order valence-corrected chi connectivity index (χ0v) is 11.4. The lowest BCUT2D eigenvalue weighted by atomic mass is 10.1. The van der Waals surface area contributed by atoms with Gasteiger partial charge < -0.3 is 15.2 Å². The molecule has 3 nitrogen and oxygen atoms in total. The van der Waals surface area contributed by atoms with Crippen LogP contribution < -0.4 is 15.2 Å². The van der Waals surface area contributed by atoms with Crippen molar-refractivity contribution in [3.8, 4) is 11.5 Å². The molecule has 96 valence electrons. The third kappa shape index (κ3) is 3.03. The molecule has 0 saturated carbocycles. The van der Waals surface area contributed by atoms with Crippen molar-refractivity contribution in [2.24, 2.45) is 5.73 Å². The van der Waals surface area contributed by atoms with Crippen molar-refractivity contribution >= 4 is 11.3 Å². The summed E-state index contributed by atoms with van der Waals surface area (Å²) in [5, 5.41) is 1.97. The van der Waals surface area contributed by atoms with Crippen LogP contribution in [0.4, 0.5) is 0 Å². The summed E-state index contributed by atoms with van der Waals surface area (Å²) in [6.45, 7) is 0. The van der Waals surface area contributed by atoms with E-state index in [0.29, 0.717) is 0 Å². The van der Waals surface area contributed by atoms with Crippen molar-refractivity contribution in [2.45, 2.75) is 12.5 Å². The average molecular weight is 263 g/mol. The van der Waals surface area contributed by atoms with Crippen molar-refractivity contribution in [1.29, 1.82) is 0 Å². The van der Waals surface area contributed by atoms with Crippen LogP contribution in [0.25, 0.3) is 0 Å². The van der Waals surface area contributed by atoms with Crippen molar-refractivity contribution in [3.63, 3.8) is 0 Å². The van der Waals surface area contributed by atoms with Gasteiger partial charge in [-0.05, 0) is 30.2 Å². The highest BCUT2D eigenvalue weighted by Crippen LogP contribution is 2.28. The Kier molecular flexibility index (Phi) is 4.23. The molecule has 0 radical (unpaired) electrons. The van der Waals surface area contributed by atoms with Gasteiger partial charge in [-0.25, -0.2) is 0 Å². The molecule has 0 amide bonds. The molecule has 4 heteroatoms. The van der Waals surface area contributed by atoms with Gasteiger partial charge in [0.25, 0.3) is 0 Å². The van der Waals surface area contributed by atoms with Gasteiger partial charge in [0.2, 0.25) is 0 Å². The van der Waals surface area contributed by atoms with Gasteiger partial charge in [-0.15, -0.1) is 11.3 Å². The maximum atomic E-state index is 6.20. The van der Waals surface area contributed by atoms with Crippen LogP contribution in [0.5, 0.6) is 11.5 Å². The first kappa shape index (κ1) is 12.9. The van der Waals surface area contributed by atoms with Gasteiger partial charge in [0.05, 0.1) is 14.2 Å². The molecule has 1 unspecified atom stereocenters. The first-order chi connectivity index (χ1) is 8.72. The van der Waals surface area contributed by atoms with Crippen LogP contribution in [-0.4, -0.2) is 14.2 Å². The second-order valence-corrected chi connectivity index (χ2v) is 4.99. The van der Waals surface area contributed by atoms with E-state index in [1.165, 1.54) is 5.56 Å². The van der Waals surface area contributed by atoms with E-state index in [0.717, 1.165) is 22.8 Å². The van der Waals surface area contributed by atoms with E-state index in [2.05, 4.69) is 6.07 Å². The maximum absolute atomic E-state index is 6.20. The third-order valence-electron chi connectivity index (χ3n) is 2.79. The Labute approximate surface area is 111 Å². The summed E-state index contributed by atoms with van der Waals surface area (Å²) >= 11 is 1.63. The topological polar surface area (TPSA) is 44.5 Å². The van der Waals surface area contributed by atoms with Gasteiger partial charge in [-0.1, -0.05) is 12.1 Å². The Morgan fingerprint density at radius 2 is 1.94 bits per heavy atom. The smallest absolute Gasteiger partial charge is 0.129 e. The average Bonchev–Trinajstić information content (AvgIpc) is 2.88. The number of ether oxygens (including phenoxy) is 2. The molecular weight excluding hydrogens is 246 g/mol. The number of hydrogen-bond acceptors (Lipinski definition) is 4. The van der Waals surface area contributed by atoms with E-state index in [9.17, 15) is 0 Å². The van der Waals surface area contributed by atoms with Crippen molar-refractivity contribution in [2.75, 3.05) is 14.2 Å². The minimum Gasteiger partial charge on any atom is -0.497 e. The third-order valence-corrected chi connectivity index (χ3v) is 3.83.